The van der Waals surface area contributed by atoms with Crippen LogP contribution in [0.2, 0.25) is 5.02 Å². The molecule has 2 aromatic carbocycles. The molecule has 0 atom stereocenters. The first-order valence-electron chi connectivity index (χ1n) is 10.8. The molecule has 0 aromatic heterocycles. The van der Waals surface area contributed by atoms with Gasteiger partial charge in [-0.15, -0.1) is 0 Å². The molecule has 1 saturated heterocycles. The lowest BCUT2D eigenvalue weighted by molar-refractivity contribution is 0.0532. The Bertz CT molecular complexity index is 849. The lowest BCUT2D eigenvalue weighted by atomic mass is 9.82. The number of nitrogens with zero attached hydrogens (tertiary/aromatic N) is 2. The van der Waals surface area contributed by atoms with Gasteiger partial charge in [0.2, 0.25) is 0 Å². The highest BCUT2D eigenvalue weighted by Gasteiger charge is 2.32. The molecule has 2 aliphatic rings. The molecule has 0 bridgehead atoms. The second-order valence-electron chi connectivity index (χ2n) is 8.49. The van der Waals surface area contributed by atoms with Gasteiger partial charge in [-0.3, -0.25) is 4.90 Å². The zero-order chi connectivity index (χ0) is 20.9. The van der Waals surface area contributed by atoms with Crippen molar-refractivity contribution in [1.82, 2.24) is 9.80 Å². The molecular weight excluding hydrogens is 398 g/mol. The van der Waals surface area contributed by atoms with E-state index in [4.69, 9.17) is 16.3 Å². The number of carbonyl (C=O) groups excluding carboxylic acids is 1. The third-order valence-corrected chi connectivity index (χ3v) is 6.37. The summed E-state index contributed by atoms with van der Waals surface area (Å²) in [5.74, 6) is 1.30. The molecule has 0 unspecified atom stereocenters. The molecule has 30 heavy (non-hydrogen) atoms. The van der Waals surface area contributed by atoms with Gasteiger partial charge in [0.1, 0.15) is 5.75 Å². The highest BCUT2D eigenvalue weighted by molar-refractivity contribution is 6.31. The smallest absolute Gasteiger partial charge is 0.321 e. The molecule has 1 aliphatic carbocycles. The number of likely N-dealkylation sites (tertiary alicyclic amines) is 1. The van der Waals surface area contributed by atoms with Crippen molar-refractivity contribution in [1.29, 1.82) is 0 Å². The van der Waals surface area contributed by atoms with Gasteiger partial charge in [0.25, 0.3) is 0 Å². The standard InChI is InChI=1S/C24H30ClN3O2/c1-27(24(29)26-20-7-3-2-4-8-20)16-18-13-22(14-18)30-21-10-9-19(23(25)15-21)17-28-11-5-6-12-28/h2-4,7-10,15,18,22H,5-6,11-14,16-17H2,1H3,(H,26,29). The SMILES string of the molecule is CN(CC1CC(Oc2ccc(CN3CCCC3)c(Cl)c2)C1)C(=O)Nc1ccccc1. The number of hydrogen-bond acceptors (Lipinski definition) is 3. The number of nitrogens with one attached hydrogen (secondary N) is 1. The van der Waals surface area contributed by atoms with Gasteiger partial charge in [0.05, 0.1) is 6.10 Å². The van der Waals surface area contributed by atoms with Crippen LogP contribution in [0, 0.1) is 5.92 Å². The fraction of sp³-hybridized carbons (Fsp3) is 0.458. The first kappa shape index (κ1) is 21.0. The van der Waals surface area contributed by atoms with E-state index >= 15 is 0 Å². The number of carbonyl (C=O) groups is 1. The van der Waals surface area contributed by atoms with Crippen LogP contribution in [-0.4, -0.2) is 48.6 Å². The third-order valence-electron chi connectivity index (χ3n) is 6.02. The maximum Gasteiger partial charge on any atom is 0.321 e. The van der Waals surface area contributed by atoms with E-state index in [1.165, 1.54) is 18.4 Å². The topological polar surface area (TPSA) is 44.8 Å². The number of hydrogen-bond donors (Lipinski definition) is 1. The van der Waals surface area contributed by atoms with E-state index in [0.29, 0.717) is 5.92 Å². The van der Waals surface area contributed by atoms with Crippen molar-refractivity contribution in [3.63, 3.8) is 0 Å². The predicted octanol–water partition coefficient (Wildman–Crippen LogP) is 5.26. The van der Waals surface area contributed by atoms with Crippen LogP contribution >= 0.6 is 11.6 Å². The van der Waals surface area contributed by atoms with Crippen molar-refractivity contribution in [2.24, 2.45) is 5.92 Å². The fourth-order valence-corrected chi connectivity index (χ4v) is 4.46. The van der Waals surface area contributed by atoms with Crippen molar-refractivity contribution in [3.05, 3.63) is 59.1 Å². The number of rotatable bonds is 7. The fourth-order valence-electron chi connectivity index (χ4n) is 4.23. The Morgan fingerprint density at radius 3 is 2.60 bits per heavy atom. The first-order chi connectivity index (χ1) is 14.6. The van der Waals surface area contributed by atoms with Crippen LogP contribution in [0.25, 0.3) is 0 Å². The number of halogens is 1. The van der Waals surface area contributed by atoms with Gasteiger partial charge in [-0.1, -0.05) is 35.9 Å². The van der Waals surface area contributed by atoms with E-state index in [9.17, 15) is 4.79 Å². The largest absolute Gasteiger partial charge is 0.490 e. The monoisotopic (exact) mass is 427 g/mol. The third kappa shape index (κ3) is 5.46. The van der Waals surface area contributed by atoms with Crippen molar-refractivity contribution in [2.45, 2.75) is 38.3 Å². The maximum absolute atomic E-state index is 12.3. The van der Waals surface area contributed by atoms with Gasteiger partial charge in [-0.05, 0) is 74.5 Å². The molecule has 2 amide bonds. The minimum atomic E-state index is -0.0778. The van der Waals surface area contributed by atoms with E-state index < -0.39 is 0 Å². The Morgan fingerprint density at radius 2 is 1.90 bits per heavy atom. The van der Waals surface area contributed by atoms with Crippen molar-refractivity contribution >= 4 is 23.3 Å². The van der Waals surface area contributed by atoms with Gasteiger partial charge >= 0.3 is 6.03 Å². The molecule has 160 valence electrons. The maximum atomic E-state index is 12.3. The highest BCUT2D eigenvalue weighted by Crippen LogP contribution is 2.33. The minimum absolute atomic E-state index is 0.0778. The number of anilines is 1. The van der Waals surface area contributed by atoms with Crippen LogP contribution in [0.15, 0.2) is 48.5 Å². The Labute approximate surface area is 184 Å². The van der Waals surface area contributed by atoms with E-state index in [0.717, 1.165) is 55.5 Å². The van der Waals surface area contributed by atoms with Crippen molar-refractivity contribution in [3.8, 4) is 5.75 Å². The van der Waals surface area contributed by atoms with Gasteiger partial charge in [-0.25, -0.2) is 4.79 Å². The quantitative estimate of drug-likeness (QED) is 0.655. The summed E-state index contributed by atoms with van der Waals surface area (Å²) in [6.45, 7) is 3.97. The van der Waals surface area contributed by atoms with Crippen LogP contribution < -0.4 is 10.1 Å². The average Bonchev–Trinajstić information content (AvgIpc) is 3.22. The average molecular weight is 428 g/mol. The van der Waals surface area contributed by atoms with Crippen LogP contribution in [0.4, 0.5) is 10.5 Å². The zero-order valence-corrected chi connectivity index (χ0v) is 18.3. The lowest BCUT2D eigenvalue weighted by Gasteiger charge is -2.37. The summed E-state index contributed by atoms with van der Waals surface area (Å²) in [5, 5.41) is 3.71. The number of para-hydroxylation sites is 1. The zero-order valence-electron chi connectivity index (χ0n) is 17.5. The van der Waals surface area contributed by atoms with Gasteiger partial charge in [-0.2, -0.15) is 0 Å². The Hall–Kier alpha value is -2.24. The highest BCUT2D eigenvalue weighted by atomic mass is 35.5. The molecule has 1 aliphatic heterocycles. The summed E-state index contributed by atoms with van der Waals surface area (Å²) in [7, 11) is 1.84. The van der Waals surface area contributed by atoms with Crippen LogP contribution in [-0.2, 0) is 6.54 Å². The van der Waals surface area contributed by atoms with Crippen LogP contribution in [0.5, 0.6) is 5.75 Å². The summed E-state index contributed by atoms with van der Waals surface area (Å²) in [4.78, 5) is 16.5. The normalized spacial score (nSPS) is 21.1. The molecule has 0 spiro atoms. The summed E-state index contributed by atoms with van der Waals surface area (Å²) >= 11 is 6.49. The van der Waals surface area contributed by atoms with Gasteiger partial charge in [0.15, 0.2) is 0 Å². The van der Waals surface area contributed by atoms with Crippen molar-refractivity contribution < 1.29 is 9.53 Å². The number of amides is 2. The molecule has 6 heteroatoms. The van der Waals surface area contributed by atoms with Gasteiger partial charge < -0.3 is 15.0 Å². The van der Waals surface area contributed by atoms with E-state index in [2.05, 4.69) is 16.3 Å². The molecule has 4 rings (SSSR count). The van der Waals surface area contributed by atoms with E-state index in [1.807, 2.05) is 49.5 Å². The molecule has 0 radical (unpaired) electrons. The summed E-state index contributed by atoms with van der Waals surface area (Å²) < 4.78 is 6.11. The second-order valence-corrected chi connectivity index (χ2v) is 8.90. The number of urea groups is 1. The molecule has 5 nitrogen and oxygen atoms in total. The molecule has 2 fully saturated rings. The summed E-state index contributed by atoms with van der Waals surface area (Å²) in [5.41, 5.74) is 1.98. The summed E-state index contributed by atoms with van der Waals surface area (Å²) in [6, 6.07) is 15.5. The van der Waals surface area contributed by atoms with E-state index in [1.54, 1.807) is 4.90 Å². The summed E-state index contributed by atoms with van der Waals surface area (Å²) in [6.07, 6.45) is 4.67. The Balaban J connectivity index is 1.20. The molecule has 1 heterocycles. The predicted molar refractivity (Wildman–Crippen MR) is 121 cm³/mol. The molecule has 1 N–H and O–H groups in total. The lowest BCUT2D eigenvalue weighted by Crippen LogP contribution is -2.43. The van der Waals surface area contributed by atoms with E-state index in [-0.39, 0.29) is 12.1 Å². The van der Waals surface area contributed by atoms with Crippen LogP contribution in [0.1, 0.15) is 31.2 Å². The Kier molecular flexibility index (Phi) is 6.80. The number of ether oxygens (including phenoxy) is 1. The number of benzene rings is 2. The van der Waals surface area contributed by atoms with Crippen LogP contribution in [0.3, 0.4) is 0 Å². The molecule has 1 saturated carbocycles. The molecule has 2 aromatic rings. The second kappa shape index (κ2) is 9.71. The minimum Gasteiger partial charge on any atom is -0.490 e. The van der Waals surface area contributed by atoms with Crippen molar-refractivity contribution in [2.75, 3.05) is 32.0 Å². The first-order valence-corrected chi connectivity index (χ1v) is 11.2. The Morgan fingerprint density at radius 1 is 1.17 bits per heavy atom. The molecular formula is C24H30ClN3O2. The van der Waals surface area contributed by atoms with Gasteiger partial charge in [0, 0.05) is 30.8 Å².